The molecule has 0 spiro atoms. The Kier molecular flexibility index (Phi) is 5.11. The summed E-state index contributed by atoms with van der Waals surface area (Å²) in [5.41, 5.74) is 0.699. The average Bonchev–Trinajstić information content (AvgIpc) is 2.90. The molecule has 2 aliphatic rings. The SMILES string of the molecule is CC(=O)N[C@@]12CCN(CCO)C[C@@H]1[C@@H](c1ccccc1)N(C(C)=O)C2. The highest BCUT2D eigenvalue weighted by Gasteiger charge is 2.56. The molecule has 2 aliphatic heterocycles. The van der Waals surface area contributed by atoms with E-state index in [1.807, 2.05) is 23.1 Å². The topological polar surface area (TPSA) is 72.9 Å². The lowest BCUT2D eigenvalue weighted by atomic mass is 9.75. The summed E-state index contributed by atoms with van der Waals surface area (Å²) in [5.74, 6) is 0.0718. The van der Waals surface area contributed by atoms with Gasteiger partial charge >= 0.3 is 0 Å². The van der Waals surface area contributed by atoms with Crippen LogP contribution in [0.2, 0.25) is 0 Å². The number of amides is 2. The molecule has 2 N–H and O–H groups in total. The summed E-state index contributed by atoms with van der Waals surface area (Å²) in [6.07, 6.45) is 0.782. The summed E-state index contributed by atoms with van der Waals surface area (Å²) < 4.78 is 0. The van der Waals surface area contributed by atoms with E-state index in [-0.39, 0.29) is 30.4 Å². The molecule has 0 radical (unpaired) electrons. The van der Waals surface area contributed by atoms with E-state index < -0.39 is 5.54 Å². The Balaban J connectivity index is 2.01. The minimum Gasteiger partial charge on any atom is -0.395 e. The van der Waals surface area contributed by atoms with Crippen LogP contribution in [0.4, 0.5) is 0 Å². The van der Waals surface area contributed by atoms with Crippen LogP contribution >= 0.6 is 0 Å². The van der Waals surface area contributed by atoms with Crippen molar-refractivity contribution in [2.24, 2.45) is 5.92 Å². The zero-order valence-electron chi connectivity index (χ0n) is 14.9. The van der Waals surface area contributed by atoms with E-state index in [4.69, 9.17) is 0 Å². The smallest absolute Gasteiger partial charge is 0.220 e. The minimum atomic E-state index is -0.399. The maximum absolute atomic E-state index is 12.4. The average molecular weight is 345 g/mol. The van der Waals surface area contributed by atoms with Crippen molar-refractivity contribution in [2.45, 2.75) is 31.8 Å². The highest BCUT2D eigenvalue weighted by molar-refractivity contribution is 5.77. The molecule has 3 rings (SSSR count). The van der Waals surface area contributed by atoms with Gasteiger partial charge in [0.25, 0.3) is 0 Å². The van der Waals surface area contributed by atoms with E-state index >= 15 is 0 Å². The summed E-state index contributed by atoms with van der Waals surface area (Å²) in [5, 5.41) is 12.5. The lowest BCUT2D eigenvalue weighted by Crippen LogP contribution is -2.61. The first kappa shape index (κ1) is 17.9. The normalized spacial score (nSPS) is 29.3. The van der Waals surface area contributed by atoms with Gasteiger partial charge in [-0.3, -0.25) is 9.59 Å². The minimum absolute atomic E-state index is 0.0293. The van der Waals surface area contributed by atoms with Crippen LogP contribution in [0.5, 0.6) is 0 Å². The fourth-order valence-corrected chi connectivity index (χ4v) is 4.56. The van der Waals surface area contributed by atoms with E-state index in [0.29, 0.717) is 13.1 Å². The fraction of sp³-hybridized carbons (Fsp3) is 0.579. The number of aliphatic hydroxyl groups excluding tert-OH is 1. The predicted molar refractivity (Wildman–Crippen MR) is 94.8 cm³/mol. The summed E-state index contributed by atoms with van der Waals surface area (Å²) >= 11 is 0. The third kappa shape index (κ3) is 3.41. The molecular weight excluding hydrogens is 318 g/mol. The van der Waals surface area contributed by atoms with E-state index in [1.165, 1.54) is 0 Å². The maximum Gasteiger partial charge on any atom is 0.220 e. The van der Waals surface area contributed by atoms with Crippen LogP contribution in [0.25, 0.3) is 0 Å². The molecule has 136 valence electrons. The molecule has 1 aromatic carbocycles. The molecule has 0 bridgehead atoms. The number of benzene rings is 1. The van der Waals surface area contributed by atoms with Crippen molar-refractivity contribution in [1.82, 2.24) is 15.1 Å². The van der Waals surface area contributed by atoms with E-state index in [2.05, 4.69) is 22.3 Å². The van der Waals surface area contributed by atoms with Crippen molar-refractivity contribution >= 4 is 11.8 Å². The molecule has 2 heterocycles. The van der Waals surface area contributed by atoms with Gasteiger partial charge in [-0.1, -0.05) is 30.3 Å². The molecule has 2 amide bonds. The highest BCUT2D eigenvalue weighted by atomic mass is 16.3. The van der Waals surface area contributed by atoms with Gasteiger partial charge in [0.1, 0.15) is 0 Å². The maximum atomic E-state index is 12.4. The fourth-order valence-electron chi connectivity index (χ4n) is 4.56. The Labute approximate surface area is 148 Å². The monoisotopic (exact) mass is 345 g/mol. The van der Waals surface area contributed by atoms with Crippen LogP contribution < -0.4 is 5.32 Å². The number of likely N-dealkylation sites (tertiary alicyclic amines) is 2. The van der Waals surface area contributed by atoms with E-state index in [9.17, 15) is 14.7 Å². The Hall–Kier alpha value is -1.92. The van der Waals surface area contributed by atoms with Crippen LogP contribution in [-0.2, 0) is 9.59 Å². The van der Waals surface area contributed by atoms with Gasteiger partial charge in [-0.2, -0.15) is 0 Å². The highest BCUT2D eigenvalue weighted by Crippen LogP contribution is 2.47. The van der Waals surface area contributed by atoms with Gasteiger partial charge in [0.15, 0.2) is 0 Å². The number of carbonyl (C=O) groups excluding carboxylic acids is 2. The van der Waals surface area contributed by atoms with Gasteiger partial charge in [0.05, 0.1) is 18.2 Å². The number of nitrogens with one attached hydrogen (secondary N) is 1. The molecule has 6 heteroatoms. The Bertz CT molecular complexity index is 636. The largest absolute Gasteiger partial charge is 0.395 e. The standard InChI is InChI=1S/C19H27N3O3/c1-14(24)20-19-8-9-21(10-11-23)12-17(19)18(22(13-19)15(2)25)16-6-4-3-5-7-16/h3-7,17-18,23H,8-13H2,1-2H3,(H,20,24)/t17-,18-,19-/m1/s1. The molecule has 2 fully saturated rings. The predicted octanol–water partition coefficient (Wildman–Crippen LogP) is 0.779. The molecule has 0 aromatic heterocycles. The molecule has 6 nitrogen and oxygen atoms in total. The second-order valence-corrected chi connectivity index (χ2v) is 7.22. The van der Waals surface area contributed by atoms with Crippen molar-refractivity contribution in [1.29, 1.82) is 0 Å². The van der Waals surface area contributed by atoms with Crippen molar-refractivity contribution in [2.75, 3.05) is 32.8 Å². The summed E-state index contributed by atoms with van der Waals surface area (Å²) in [4.78, 5) is 28.4. The Morgan fingerprint density at radius 1 is 1.28 bits per heavy atom. The number of rotatable bonds is 4. The molecule has 0 unspecified atom stereocenters. The second kappa shape index (κ2) is 7.14. The van der Waals surface area contributed by atoms with E-state index in [1.54, 1.807) is 13.8 Å². The third-order valence-electron chi connectivity index (χ3n) is 5.59. The van der Waals surface area contributed by atoms with Gasteiger partial charge < -0.3 is 20.2 Å². The van der Waals surface area contributed by atoms with Crippen LogP contribution in [0.3, 0.4) is 0 Å². The molecule has 0 aliphatic carbocycles. The van der Waals surface area contributed by atoms with Crippen molar-refractivity contribution in [3.8, 4) is 0 Å². The first-order valence-corrected chi connectivity index (χ1v) is 8.91. The first-order chi connectivity index (χ1) is 12.0. The number of nitrogens with zero attached hydrogens (tertiary/aromatic N) is 2. The van der Waals surface area contributed by atoms with Crippen LogP contribution in [-0.4, -0.2) is 65.0 Å². The molecule has 2 saturated heterocycles. The lowest BCUT2D eigenvalue weighted by molar-refractivity contribution is -0.130. The zero-order valence-corrected chi connectivity index (χ0v) is 14.9. The van der Waals surface area contributed by atoms with Gasteiger partial charge in [0.2, 0.25) is 11.8 Å². The summed E-state index contributed by atoms with van der Waals surface area (Å²) in [6, 6.07) is 9.98. The quantitative estimate of drug-likeness (QED) is 0.846. The van der Waals surface area contributed by atoms with Crippen molar-refractivity contribution in [3.05, 3.63) is 35.9 Å². The molecule has 0 saturated carbocycles. The van der Waals surface area contributed by atoms with Gasteiger partial charge in [0, 0.05) is 45.9 Å². The summed E-state index contributed by atoms with van der Waals surface area (Å²) in [7, 11) is 0. The third-order valence-corrected chi connectivity index (χ3v) is 5.59. The first-order valence-electron chi connectivity index (χ1n) is 8.91. The lowest BCUT2D eigenvalue weighted by Gasteiger charge is -2.45. The van der Waals surface area contributed by atoms with Crippen LogP contribution in [0.15, 0.2) is 30.3 Å². The Morgan fingerprint density at radius 2 is 2.00 bits per heavy atom. The number of aliphatic hydroxyl groups is 1. The molecule has 25 heavy (non-hydrogen) atoms. The van der Waals surface area contributed by atoms with Crippen LogP contribution in [0, 0.1) is 5.92 Å². The number of hydrogen-bond donors (Lipinski definition) is 2. The number of β-amino-alcohol motifs (C(OH)–C–C–N with tert-alkyl or cyclic N) is 1. The molecule has 1 aromatic rings. The number of fused-ring (bicyclic) bond motifs is 1. The summed E-state index contributed by atoms with van der Waals surface area (Å²) in [6.45, 7) is 5.98. The number of carbonyl (C=O) groups is 2. The van der Waals surface area contributed by atoms with E-state index in [0.717, 1.165) is 25.1 Å². The molecule has 3 atom stereocenters. The van der Waals surface area contributed by atoms with Gasteiger partial charge in [-0.25, -0.2) is 0 Å². The number of hydrogen-bond acceptors (Lipinski definition) is 4. The Morgan fingerprint density at radius 3 is 2.60 bits per heavy atom. The number of piperidine rings is 1. The van der Waals surface area contributed by atoms with Crippen LogP contribution in [0.1, 0.15) is 31.9 Å². The zero-order chi connectivity index (χ0) is 18.0. The van der Waals surface area contributed by atoms with Crippen molar-refractivity contribution < 1.29 is 14.7 Å². The molecular formula is C19H27N3O3. The van der Waals surface area contributed by atoms with Crippen molar-refractivity contribution in [3.63, 3.8) is 0 Å². The van der Waals surface area contributed by atoms with Gasteiger partial charge in [-0.05, 0) is 12.0 Å². The van der Waals surface area contributed by atoms with Gasteiger partial charge in [-0.15, -0.1) is 0 Å². The second-order valence-electron chi connectivity index (χ2n) is 7.22.